The number of hydrogen-bond donors (Lipinski definition) is 1. The Morgan fingerprint density at radius 2 is 1.89 bits per heavy atom. The third-order valence-corrected chi connectivity index (χ3v) is 5.36. The predicted octanol–water partition coefficient (Wildman–Crippen LogP) is 2.53. The molecule has 2 rings (SSSR count). The molecule has 1 N–H and O–H groups in total. The van der Waals surface area contributed by atoms with Crippen molar-refractivity contribution in [2.24, 2.45) is 17.8 Å². The summed E-state index contributed by atoms with van der Waals surface area (Å²) in [7, 11) is 0. The quantitative estimate of drug-likeness (QED) is 0.854. The van der Waals surface area contributed by atoms with Gasteiger partial charge in [-0.25, -0.2) is 0 Å². The summed E-state index contributed by atoms with van der Waals surface area (Å²) in [6.45, 7) is 11.8. The van der Waals surface area contributed by atoms with Gasteiger partial charge in [-0.3, -0.25) is 4.90 Å². The van der Waals surface area contributed by atoms with Crippen LogP contribution in [0.15, 0.2) is 0 Å². The van der Waals surface area contributed by atoms with Crippen molar-refractivity contribution in [3.63, 3.8) is 0 Å². The molecule has 1 aliphatic carbocycles. The van der Waals surface area contributed by atoms with Crippen LogP contribution in [0.5, 0.6) is 0 Å². The van der Waals surface area contributed by atoms with Crippen molar-refractivity contribution in [1.29, 1.82) is 0 Å². The van der Waals surface area contributed by atoms with Gasteiger partial charge < -0.3 is 9.84 Å². The average Bonchev–Trinajstić information content (AvgIpc) is 2.41. The normalized spacial score (nSPS) is 39.5. The number of aliphatic hydroxyl groups is 1. The van der Waals surface area contributed by atoms with Gasteiger partial charge in [0.1, 0.15) is 0 Å². The first-order chi connectivity index (χ1) is 8.99. The molecule has 1 saturated heterocycles. The van der Waals surface area contributed by atoms with Gasteiger partial charge in [-0.2, -0.15) is 0 Å². The maximum Gasteiger partial charge on any atom is 0.0963 e. The summed E-state index contributed by atoms with van der Waals surface area (Å²) >= 11 is 0. The maximum atomic E-state index is 10.7. The molecule has 1 aliphatic heterocycles. The summed E-state index contributed by atoms with van der Waals surface area (Å²) in [6, 6.07) is 0.545. The molecule has 1 heterocycles. The highest BCUT2D eigenvalue weighted by atomic mass is 16.5. The van der Waals surface area contributed by atoms with E-state index in [2.05, 4.69) is 32.6 Å². The van der Waals surface area contributed by atoms with Gasteiger partial charge in [-0.15, -0.1) is 0 Å². The zero-order valence-electron chi connectivity index (χ0n) is 13.0. The Bertz CT molecular complexity index is 282. The van der Waals surface area contributed by atoms with Crippen molar-refractivity contribution in [2.75, 3.05) is 19.7 Å². The second kappa shape index (κ2) is 6.55. The topological polar surface area (TPSA) is 32.7 Å². The molecular weight excluding hydrogens is 238 g/mol. The van der Waals surface area contributed by atoms with Crippen LogP contribution in [-0.2, 0) is 4.74 Å². The number of ether oxygens (including phenoxy) is 1. The lowest BCUT2D eigenvalue weighted by atomic mass is 9.73. The molecule has 2 fully saturated rings. The number of nitrogens with zero attached hydrogens (tertiary/aromatic N) is 1. The van der Waals surface area contributed by atoms with Crippen LogP contribution in [0.1, 0.15) is 47.0 Å². The molecule has 19 heavy (non-hydrogen) atoms. The van der Waals surface area contributed by atoms with E-state index in [9.17, 15) is 5.11 Å². The molecule has 0 spiro atoms. The van der Waals surface area contributed by atoms with Crippen LogP contribution in [0.2, 0.25) is 0 Å². The maximum absolute atomic E-state index is 10.7. The highest BCUT2D eigenvalue weighted by Gasteiger charge is 2.36. The fourth-order valence-electron chi connectivity index (χ4n) is 3.57. The van der Waals surface area contributed by atoms with E-state index in [-0.39, 0.29) is 12.2 Å². The molecular formula is C16H31NO2. The highest BCUT2D eigenvalue weighted by Crippen LogP contribution is 2.36. The SMILES string of the molecule is CC1CCC(C(O)C2CN(C(C)C)CCO2)CC1C. The molecule has 0 aromatic heterocycles. The van der Waals surface area contributed by atoms with Crippen LogP contribution < -0.4 is 0 Å². The zero-order chi connectivity index (χ0) is 14.0. The summed E-state index contributed by atoms with van der Waals surface area (Å²) < 4.78 is 5.84. The molecule has 3 heteroatoms. The van der Waals surface area contributed by atoms with E-state index in [4.69, 9.17) is 4.74 Å². The van der Waals surface area contributed by atoms with E-state index < -0.39 is 0 Å². The molecule has 1 saturated carbocycles. The van der Waals surface area contributed by atoms with Crippen molar-refractivity contribution in [3.05, 3.63) is 0 Å². The molecule has 5 unspecified atom stereocenters. The van der Waals surface area contributed by atoms with Crippen LogP contribution in [0.3, 0.4) is 0 Å². The number of hydrogen-bond acceptors (Lipinski definition) is 3. The number of aliphatic hydroxyl groups excluding tert-OH is 1. The fraction of sp³-hybridized carbons (Fsp3) is 1.00. The Morgan fingerprint density at radius 1 is 1.16 bits per heavy atom. The van der Waals surface area contributed by atoms with E-state index in [1.807, 2.05) is 0 Å². The van der Waals surface area contributed by atoms with Gasteiger partial charge >= 0.3 is 0 Å². The molecule has 0 amide bonds. The number of rotatable bonds is 3. The molecule has 112 valence electrons. The third kappa shape index (κ3) is 3.71. The van der Waals surface area contributed by atoms with E-state index in [1.54, 1.807) is 0 Å². The summed E-state index contributed by atoms with van der Waals surface area (Å²) in [5, 5.41) is 10.7. The molecule has 0 radical (unpaired) electrons. The monoisotopic (exact) mass is 269 g/mol. The lowest BCUT2D eigenvalue weighted by molar-refractivity contribution is -0.118. The van der Waals surface area contributed by atoms with Gasteiger partial charge in [0.05, 0.1) is 18.8 Å². The summed E-state index contributed by atoms with van der Waals surface area (Å²) in [5.74, 6) is 1.98. The first kappa shape index (κ1) is 15.3. The minimum atomic E-state index is -0.281. The Hall–Kier alpha value is -0.120. The molecule has 0 aromatic rings. The smallest absolute Gasteiger partial charge is 0.0963 e. The minimum absolute atomic E-state index is 0.0155. The minimum Gasteiger partial charge on any atom is -0.390 e. The fourth-order valence-corrected chi connectivity index (χ4v) is 3.57. The van der Waals surface area contributed by atoms with Crippen LogP contribution in [-0.4, -0.2) is 48.0 Å². The van der Waals surface area contributed by atoms with Gasteiger partial charge in [0.2, 0.25) is 0 Å². The average molecular weight is 269 g/mol. The second-order valence-corrected chi connectivity index (χ2v) is 7.02. The number of morpholine rings is 1. The van der Waals surface area contributed by atoms with E-state index in [0.29, 0.717) is 12.0 Å². The van der Waals surface area contributed by atoms with Gasteiger partial charge in [-0.05, 0) is 44.4 Å². The van der Waals surface area contributed by atoms with Crippen LogP contribution >= 0.6 is 0 Å². The van der Waals surface area contributed by atoms with Crippen LogP contribution in [0.25, 0.3) is 0 Å². The van der Waals surface area contributed by atoms with Crippen molar-refractivity contribution in [1.82, 2.24) is 4.90 Å². The third-order valence-electron chi connectivity index (χ3n) is 5.36. The molecule has 5 atom stereocenters. The molecule has 0 bridgehead atoms. The van der Waals surface area contributed by atoms with Gasteiger partial charge in [-0.1, -0.05) is 20.3 Å². The standard InChI is InChI=1S/C16H31NO2/c1-11(2)17-7-8-19-15(10-17)16(18)14-6-5-12(3)13(4)9-14/h11-16,18H,5-10H2,1-4H3. The van der Waals surface area contributed by atoms with E-state index in [1.165, 1.54) is 6.42 Å². The van der Waals surface area contributed by atoms with Crippen molar-refractivity contribution in [2.45, 2.75) is 65.2 Å². The van der Waals surface area contributed by atoms with Crippen LogP contribution in [0.4, 0.5) is 0 Å². The molecule has 3 nitrogen and oxygen atoms in total. The largest absolute Gasteiger partial charge is 0.390 e. The zero-order valence-corrected chi connectivity index (χ0v) is 13.0. The highest BCUT2D eigenvalue weighted by molar-refractivity contribution is 4.87. The Balaban J connectivity index is 1.90. The molecule has 2 aliphatic rings. The van der Waals surface area contributed by atoms with Gasteiger partial charge in [0.15, 0.2) is 0 Å². The summed E-state index contributed by atoms with van der Waals surface area (Å²) in [4.78, 5) is 2.42. The second-order valence-electron chi connectivity index (χ2n) is 7.02. The van der Waals surface area contributed by atoms with Crippen LogP contribution in [0, 0.1) is 17.8 Å². The Morgan fingerprint density at radius 3 is 2.53 bits per heavy atom. The summed E-state index contributed by atoms with van der Waals surface area (Å²) in [5.41, 5.74) is 0. The van der Waals surface area contributed by atoms with Crippen molar-refractivity contribution >= 4 is 0 Å². The first-order valence-electron chi connectivity index (χ1n) is 8.02. The first-order valence-corrected chi connectivity index (χ1v) is 8.02. The van der Waals surface area contributed by atoms with Crippen molar-refractivity contribution in [3.8, 4) is 0 Å². The Labute approximate surface area is 118 Å². The predicted molar refractivity (Wildman–Crippen MR) is 78.1 cm³/mol. The molecule has 0 aromatic carbocycles. The lowest BCUT2D eigenvalue weighted by Crippen LogP contribution is -2.52. The lowest BCUT2D eigenvalue weighted by Gasteiger charge is -2.42. The van der Waals surface area contributed by atoms with Crippen molar-refractivity contribution < 1.29 is 9.84 Å². The van der Waals surface area contributed by atoms with Gasteiger partial charge in [0, 0.05) is 19.1 Å². The summed E-state index contributed by atoms with van der Waals surface area (Å²) in [6.07, 6.45) is 3.31. The Kier molecular flexibility index (Phi) is 5.27. The van der Waals surface area contributed by atoms with E-state index >= 15 is 0 Å². The van der Waals surface area contributed by atoms with Gasteiger partial charge in [0.25, 0.3) is 0 Å². The van der Waals surface area contributed by atoms with E-state index in [0.717, 1.165) is 44.4 Å².